The molecule has 2 aliphatic heterocycles. The summed E-state index contributed by atoms with van der Waals surface area (Å²) in [4.78, 5) is 6.74. The molecule has 2 N–H and O–H groups in total. The van der Waals surface area contributed by atoms with Crippen LogP contribution in [0.3, 0.4) is 0 Å². The van der Waals surface area contributed by atoms with Crippen LogP contribution in [0.15, 0.2) is 18.3 Å². The van der Waals surface area contributed by atoms with Crippen LogP contribution in [0.1, 0.15) is 50.8 Å². The van der Waals surface area contributed by atoms with E-state index < -0.39 is 6.61 Å². The van der Waals surface area contributed by atoms with E-state index in [1.165, 1.54) is 31.0 Å². The lowest BCUT2D eigenvalue weighted by Crippen LogP contribution is -2.43. The molecule has 2 unspecified atom stereocenters. The van der Waals surface area contributed by atoms with Crippen molar-refractivity contribution in [1.29, 1.82) is 0 Å². The number of likely N-dealkylation sites (tertiary alicyclic amines) is 1. The van der Waals surface area contributed by atoms with Crippen LogP contribution in [0.4, 0.5) is 14.6 Å². The molecule has 2 aromatic heterocycles. The standard InChI is InChI=1S/C23H29F2N5O2/c1-11(2)30-19(7-18(28-30)12-3-20(32-23(24)25)22(26)27-8-12)21-16-5-13(6-17(16)21)29-9-15-4-14(29)10-31-15/h3,7-8,11,13-17,21,23H,4-6,9-10H2,1-2H3,(H2,26,27)/t13?,14-,15-,16-,17+,21?/m0/s1. The van der Waals surface area contributed by atoms with Crippen molar-refractivity contribution in [3.63, 3.8) is 0 Å². The Morgan fingerprint density at radius 3 is 2.56 bits per heavy atom. The minimum Gasteiger partial charge on any atom is -0.431 e. The van der Waals surface area contributed by atoms with E-state index in [2.05, 4.69) is 39.2 Å². The largest absolute Gasteiger partial charge is 0.431 e. The summed E-state index contributed by atoms with van der Waals surface area (Å²) in [5.74, 6) is 1.74. The average Bonchev–Trinajstić information content (AvgIpc) is 3.33. The molecule has 0 spiro atoms. The number of hydrogen-bond donors (Lipinski definition) is 1. The molecule has 6 atom stereocenters. The number of anilines is 1. The SMILES string of the molecule is CC(C)n1nc(-c2cnc(N)c(OC(F)F)c2)cc1C1[C@H]2CC(N3C[C@@H]4C[C@H]3CO4)C[C@@H]12. The summed E-state index contributed by atoms with van der Waals surface area (Å²) in [5.41, 5.74) is 8.29. The lowest BCUT2D eigenvalue weighted by atomic mass is 10.0. The predicted molar refractivity (Wildman–Crippen MR) is 114 cm³/mol. The van der Waals surface area contributed by atoms with Gasteiger partial charge in [-0.2, -0.15) is 13.9 Å². The number of nitrogens with zero attached hydrogens (tertiary/aromatic N) is 4. The van der Waals surface area contributed by atoms with Gasteiger partial charge in [-0.05, 0) is 57.1 Å². The summed E-state index contributed by atoms with van der Waals surface area (Å²) in [6, 6.07) is 5.12. The lowest BCUT2D eigenvalue weighted by molar-refractivity contribution is -0.0494. The Morgan fingerprint density at radius 2 is 1.94 bits per heavy atom. The van der Waals surface area contributed by atoms with Crippen molar-refractivity contribution < 1.29 is 18.3 Å². The second-order valence-corrected chi connectivity index (χ2v) is 10.00. The zero-order chi connectivity index (χ0) is 22.1. The molecule has 172 valence electrons. The van der Waals surface area contributed by atoms with Crippen LogP contribution in [0, 0.1) is 11.8 Å². The predicted octanol–water partition coefficient (Wildman–Crippen LogP) is 3.67. The topological polar surface area (TPSA) is 78.4 Å². The van der Waals surface area contributed by atoms with Crippen LogP contribution >= 0.6 is 0 Å². The van der Waals surface area contributed by atoms with Crippen molar-refractivity contribution in [2.75, 3.05) is 18.9 Å². The highest BCUT2D eigenvalue weighted by atomic mass is 19.3. The smallest absolute Gasteiger partial charge is 0.387 e. The van der Waals surface area contributed by atoms with Crippen molar-refractivity contribution in [3.8, 4) is 17.0 Å². The van der Waals surface area contributed by atoms with Gasteiger partial charge in [-0.15, -0.1) is 0 Å². The maximum atomic E-state index is 12.7. The zero-order valence-corrected chi connectivity index (χ0v) is 18.3. The number of alkyl halides is 2. The van der Waals surface area contributed by atoms with Crippen LogP contribution in [0.5, 0.6) is 5.75 Å². The van der Waals surface area contributed by atoms with Crippen LogP contribution < -0.4 is 10.5 Å². The number of ether oxygens (including phenoxy) is 2. The molecule has 4 fully saturated rings. The average molecular weight is 446 g/mol. The number of nitrogens with two attached hydrogens (primary N) is 1. The van der Waals surface area contributed by atoms with E-state index in [-0.39, 0.29) is 17.6 Å². The van der Waals surface area contributed by atoms with Crippen molar-refractivity contribution in [1.82, 2.24) is 19.7 Å². The van der Waals surface area contributed by atoms with E-state index in [0.717, 1.165) is 18.8 Å². The third kappa shape index (κ3) is 3.28. The molecule has 2 aliphatic carbocycles. The molecular formula is C23H29F2N5O2. The molecule has 0 radical (unpaired) electrons. The summed E-state index contributed by atoms with van der Waals surface area (Å²) in [6.45, 7) is 3.29. The van der Waals surface area contributed by atoms with Crippen LogP contribution in [0.25, 0.3) is 11.3 Å². The molecule has 4 heterocycles. The lowest BCUT2D eigenvalue weighted by Gasteiger charge is -2.33. The second-order valence-electron chi connectivity index (χ2n) is 10.00. The van der Waals surface area contributed by atoms with Crippen molar-refractivity contribution in [2.45, 2.75) is 69.9 Å². The summed E-state index contributed by atoms with van der Waals surface area (Å²) in [6.07, 6.45) is 5.70. The summed E-state index contributed by atoms with van der Waals surface area (Å²) in [7, 11) is 0. The van der Waals surface area contributed by atoms with Gasteiger partial charge in [0.15, 0.2) is 11.6 Å². The monoisotopic (exact) mass is 445 g/mol. The van der Waals surface area contributed by atoms with E-state index in [4.69, 9.17) is 15.6 Å². The van der Waals surface area contributed by atoms with E-state index in [1.54, 1.807) is 6.20 Å². The first kappa shape index (κ1) is 20.4. The third-order valence-corrected chi connectivity index (χ3v) is 7.82. The van der Waals surface area contributed by atoms with Crippen LogP contribution in [0.2, 0.25) is 0 Å². The second kappa shape index (κ2) is 7.38. The third-order valence-electron chi connectivity index (χ3n) is 7.82. The fourth-order valence-corrected chi connectivity index (χ4v) is 6.40. The number of halogens is 2. The Labute approximate surface area is 185 Å². The molecule has 2 saturated carbocycles. The number of pyridine rings is 1. The minimum absolute atomic E-state index is 0.0543. The molecule has 0 aromatic carbocycles. The first-order valence-electron chi connectivity index (χ1n) is 11.6. The molecule has 2 bridgehead atoms. The van der Waals surface area contributed by atoms with Gasteiger partial charge < -0.3 is 15.2 Å². The van der Waals surface area contributed by atoms with E-state index >= 15 is 0 Å². The van der Waals surface area contributed by atoms with Gasteiger partial charge in [0.25, 0.3) is 0 Å². The molecule has 32 heavy (non-hydrogen) atoms. The van der Waals surface area contributed by atoms with E-state index in [0.29, 0.717) is 41.5 Å². The maximum Gasteiger partial charge on any atom is 0.387 e. The summed E-state index contributed by atoms with van der Waals surface area (Å²) >= 11 is 0. The van der Waals surface area contributed by atoms with Gasteiger partial charge >= 0.3 is 6.61 Å². The molecule has 2 saturated heterocycles. The molecule has 0 amide bonds. The van der Waals surface area contributed by atoms with Gasteiger partial charge in [-0.25, -0.2) is 4.98 Å². The number of rotatable bonds is 6. The first-order chi connectivity index (χ1) is 15.4. The van der Waals surface area contributed by atoms with Crippen molar-refractivity contribution >= 4 is 5.82 Å². The van der Waals surface area contributed by atoms with Gasteiger partial charge in [0.1, 0.15) is 0 Å². The first-order valence-corrected chi connectivity index (χ1v) is 11.6. The molecular weight excluding hydrogens is 416 g/mol. The fourth-order valence-electron chi connectivity index (χ4n) is 6.40. The molecule has 4 aliphatic rings. The van der Waals surface area contributed by atoms with Gasteiger partial charge in [-0.1, -0.05) is 0 Å². The maximum absolute atomic E-state index is 12.7. The highest BCUT2D eigenvalue weighted by Gasteiger charge is 2.60. The van der Waals surface area contributed by atoms with Crippen molar-refractivity contribution in [3.05, 3.63) is 24.0 Å². The Morgan fingerprint density at radius 1 is 1.16 bits per heavy atom. The molecule has 7 nitrogen and oxygen atoms in total. The normalized spacial score (nSPS) is 33.4. The fraction of sp³-hybridized carbons (Fsp3) is 0.652. The molecule has 6 rings (SSSR count). The van der Waals surface area contributed by atoms with Crippen LogP contribution in [-0.4, -0.2) is 57.6 Å². The number of aromatic nitrogens is 3. The number of hydrogen-bond acceptors (Lipinski definition) is 6. The van der Waals surface area contributed by atoms with E-state index in [9.17, 15) is 8.78 Å². The van der Waals surface area contributed by atoms with Crippen LogP contribution in [-0.2, 0) is 4.74 Å². The summed E-state index contributed by atoms with van der Waals surface area (Å²) in [5, 5.41) is 4.81. The van der Waals surface area contributed by atoms with Gasteiger partial charge in [0.2, 0.25) is 0 Å². The van der Waals surface area contributed by atoms with Gasteiger partial charge in [0, 0.05) is 48.0 Å². The Bertz CT molecular complexity index is 1020. The Kier molecular flexibility index (Phi) is 4.69. The number of morpholine rings is 1. The molecule has 2 aromatic rings. The summed E-state index contributed by atoms with van der Waals surface area (Å²) < 4.78 is 37.8. The highest BCUT2D eigenvalue weighted by molar-refractivity contribution is 5.64. The number of fused-ring (bicyclic) bond motifs is 3. The number of nitrogen functional groups attached to an aromatic ring is 1. The van der Waals surface area contributed by atoms with Crippen molar-refractivity contribution in [2.24, 2.45) is 11.8 Å². The van der Waals surface area contributed by atoms with E-state index in [1.807, 2.05) is 0 Å². The Balaban J connectivity index is 1.22. The quantitative estimate of drug-likeness (QED) is 0.731. The van der Waals surface area contributed by atoms with Gasteiger partial charge in [-0.3, -0.25) is 9.58 Å². The minimum atomic E-state index is -2.95. The Hall–Kier alpha value is -2.26. The molecule has 9 heteroatoms. The highest BCUT2D eigenvalue weighted by Crippen LogP contribution is 2.64. The van der Waals surface area contributed by atoms with Gasteiger partial charge in [0.05, 0.1) is 18.4 Å². The zero-order valence-electron chi connectivity index (χ0n) is 18.3.